The van der Waals surface area contributed by atoms with Crippen LogP contribution in [0.5, 0.6) is 0 Å². The van der Waals surface area contributed by atoms with Gasteiger partial charge in [0.2, 0.25) is 0 Å². The molecular formula is C28H20N2S. The van der Waals surface area contributed by atoms with Gasteiger partial charge in [-0.2, -0.15) is 0 Å². The average molecular weight is 417 g/mol. The molecule has 0 unspecified atom stereocenters. The number of hydrogen-bond acceptors (Lipinski definition) is 2. The molecule has 6 rings (SSSR count). The number of rotatable bonds is 4. The van der Waals surface area contributed by atoms with Gasteiger partial charge in [-0.3, -0.25) is 0 Å². The Labute approximate surface area is 185 Å². The third-order valence-corrected chi connectivity index (χ3v) is 6.74. The molecule has 6 aromatic rings. The monoisotopic (exact) mass is 416 g/mol. The topological polar surface area (TPSA) is 8.17 Å². The number of para-hydroxylation sites is 4. The standard InChI is InChI=1S/C28H20N2S/c1-4-12-21(13-5-1)29(22-14-6-2-7-15-22)27-20-26-28(31-27)24-18-10-11-19-25(24)30(26)23-16-8-3-9-17-23/h1-20H. The summed E-state index contributed by atoms with van der Waals surface area (Å²) in [6.07, 6.45) is 0. The highest BCUT2D eigenvalue weighted by Crippen LogP contribution is 2.45. The largest absolute Gasteiger partial charge is 0.308 e. The molecule has 0 atom stereocenters. The lowest BCUT2D eigenvalue weighted by Gasteiger charge is -2.23. The molecule has 0 saturated carbocycles. The number of hydrogen-bond donors (Lipinski definition) is 0. The quantitative estimate of drug-likeness (QED) is 0.280. The third kappa shape index (κ3) is 3.02. The van der Waals surface area contributed by atoms with Gasteiger partial charge in [0.25, 0.3) is 0 Å². The molecule has 148 valence electrons. The Morgan fingerprint density at radius 3 is 1.74 bits per heavy atom. The van der Waals surface area contributed by atoms with Crippen LogP contribution in [0.2, 0.25) is 0 Å². The van der Waals surface area contributed by atoms with Crippen molar-refractivity contribution in [1.82, 2.24) is 4.57 Å². The van der Waals surface area contributed by atoms with Crippen LogP contribution >= 0.6 is 11.3 Å². The molecule has 4 aromatic carbocycles. The van der Waals surface area contributed by atoms with Crippen LogP contribution in [0, 0.1) is 0 Å². The third-order valence-electron chi connectivity index (χ3n) is 5.59. The second-order valence-electron chi connectivity index (χ2n) is 7.49. The fourth-order valence-electron chi connectivity index (χ4n) is 4.24. The first-order valence-electron chi connectivity index (χ1n) is 10.4. The van der Waals surface area contributed by atoms with Gasteiger partial charge in [-0.05, 0) is 48.5 Å². The minimum atomic E-state index is 1.16. The van der Waals surface area contributed by atoms with Crippen LogP contribution in [0.25, 0.3) is 26.8 Å². The van der Waals surface area contributed by atoms with Gasteiger partial charge in [0.15, 0.2) is 0 Å². The van der Waals surface area contributed by atoms with Crippen molar-refractivity contribution in [2.75, 3.05) is 4.90 Å². The molecule has 0 bridgehead atoms. The highest BCUT2D eigenvalue weighted by Gasteiger charge is 2.20. The molecule has 0 aliphatic heterocycles. The fraction of sp³-hybridized carbons (Fsp3) is 0. The first-order valence-corrected chi connectivity index (χ1v) is 11.2. The molecule has 31 heavy (non-hydrogen) atoms. The Bertz CT molecular complexity index is 1430. The first kappa shape index (κ1) is 18.0. The molecule has 0 spiro atoms. The van der Waals surface area contributed by atoms with E-state index >= 15 is 0 Å². The minimum Gasteiger partial charge on any atom is -0.308 e. The van der Waals surface area contributed by atoms with Gasteiger partial charge >= 0.3 is 0 Å². The molecule has 2 heterocycles. The average Bonchev–Trinajstić information content (AvgIpc) is 3.38. The van der Waals surface area contributed by atoms with Crippen LogP contribution in [-0.2, 0) is 0 Å². The summed E-state index contributed by atoms with van der Waals surface area (Å²) in [4.78, 5) is 2.34. The number of nitrogens with zero attached hydrogens (tertiary/aromatic N) is 2. The van der Waals surface area contributed by atoms with Crippen molar-refractivity contribution < 1.29 is 0 Å². The normalized spacial score (nSPS) is 11.2. The lowest BCUT2D eigenvalue weighted by molar-refractivity contribution is 1.18. The lowest BCUT2D eigenvalue weighted by Crippen LogP contribution is -2.07. The maximum atomic E-state index is 2.37. The molecule has 0 saturated heterocycles. The van der Waals surface area contributed by atoms with Crippen LogP contribution in [0.4, 0.5) is 16.4 Å². The van der Waals surface area contributed by atoms with E-state index in [-0.39, 0.29) is 0 Å². The van der Waals surface area contributed by atoms with E-state index in [9.17, 15) is 0 Å². The van der Waals surface area contributed by atoms with Crippen LogP contribution in [0.1, 0.15) is 0 Å². The lowest BCUT2D eigenvalue weighted by atomic mass is 10.2. The zero-order valence-electron chi connectivity index (χ0n) is 16.8. The summed E-state index contributed by atoms with van der Waals surface area (Å²) in [5, 5.41) is 2.50. The second kappa shape index (κ2) is 7.46. The second-order valence-corrected chi connectivity index (χ2v) is 8.52. The van der Waals surface area contributed by atoms with Crippen molar-refractivity contribution in [1.29, 1.82) is 0 Å². The molecule has 0 radical (unpaired) electrons. The zero-order chi connectivity index (χ0) is 20.6. The van der Waals surface area contributed by atoms with Crippen LogP contribution in [0.3, 0.4) is 0 Å². The maximum Gasteiger partial charge on any atom is 0.103 e. The molecule has 0 aliphatic rings. The zero-order valence-corrected chi connectivity index (χ0v) is 17.7. The molecule has 0 aliphatic carbocycles. The van der Waals surface area contributed by atoms with Gasteiger partial charge in [0, 0.05) is 22.4 Å². The summed E-state index contributed by atoms with van der Waals surface area (Å²) in [6, 6.07) is 42.8. The van der Waals surface area contributed by atoms with Crippen LogP contribution < -0.4 is 4.90 Å². The number of benzene rings is 4. The molecule has 2 nitrogen and oxygen atoms in total. The molecular weight excluding hydrogens is 396 g/mol. The highest BCUT2D eigenvalue weighted by atomic mass is 32.1. The summed E-state index contributed by atoms with van der Waals surface area (Å²) in [5.74, 6) is 0. The fourth-order valence-corrected chi connectivity index (χ4v) is 5.46. The first-order chi connectivity index (χ1) is 15.4. The highest BCUT2D eigenvalue weighted by molar-refractivity contribution is 7.24. The molecule has 3 heteroatoms. The predicted molar refractivity (Wildman–Crippen MR) is 133 cm³/mol. The van der Waals surface area contributed by atoms with Crippen molar-refractivity contribution in [3.8, 4) is 5.69 Å². The minimum absolute atomic E-state index is 1.16. The maximum absolute atomic E-state index is 2.37. The van der Waals surface area contributed by atoms with E-state index < -0.39 is 0 Å². The van der Waals surface area contributed by atoms with E-state index in [0.717, 1.165) is 11.4 Å². The van der Waals surface area contributed by atoms with Crippen molar-refractivity contribution in [2.45, 2.75) is 0 Å². The summed E-state index contributed by atoms with van der Waals surface area (Å²) in [5.41, 5.74) is 5.99. The van der Waals surface area contributed by atoms with Crippen molar-refractivity contribution >= 4 is 48.8 Å². The van der Waals surface area contributed by atoms with Crippen molar-refractivity contribution in [3.05, 3.63) is 121 Å². The smallest absolute Gasteiger partial charge is 0.103 e. The van der Waals surface area contributed by atoms with E-state index in [1.807, 2.05) is 11.3 Å². The summed E-state index contributed by atoms with van der Waals surface area (Å²) in [7, 11) is 0. The van der Waals surface area contributed by atoms with E-state index in [1.54, 1.807) is 0 Å². The SMILES string of the molecule is c1ccc(N(c2ccccc2)c2cc3c(s2)c2ccccc2n3-c2ccccc2)cc1. The van der Waals surface area contributed by atoms with Crippen molar-refractivity contribution in [2.24, 2.45) is 0 Å². The van der Waals surface area contributed by atoms with Gasteiger partial charge in [-0.25, -0.2) is 0 Å². The Morgan fingerprint density at radius 2 is 1.10 bits per heavy atom. The van der Waals surface area contributed by atoms with Crippen LogP contribution in [0.15, 0.2) is 121 Å². The predicted octanol–water partition coefficient (Wildman–Crippen LogP) is 8.32. The Morgan fingerprint density at radius 1 is 0.548 bits per heavy atom. The Balaban J connectivity index is 1.63. The van der Waals surface area contributed by atoms with E-state index in [2.05, 4.69) is 131 Å². The van der Waals surface area contributed by atoms with Gasteiger partial charge in [-0.15, -0.1) is 11.3 Å². The summed E-state index contributed by atoms with van der Waals surface area (Å²) in [6.45, 7) is 0. The van der Waals surface area contributed by atoms with Gasteiger partial charge in [0.1, 0.15) is 5.00 Å². The number of anilines is 3. The Hall–Kier alpha value is -3.82. The number of fused-ring (bicyclic) bond motifs is 3. The van der Waals surface area contributed by atoms with Crippen LogP contribution in [-0.4, -0.2) is 4.57 Å². The molecule has 2 aromatic heterocycles. The molecule has 0 N–H and O–H groups in total. The van der Waals surface area contributed by atoms with E-state index in [1.165, 1.54) is 31.8 Å². The molecule has 0 amide bonds. The number of thiophene rings is 1. The van der Waals surface area contributed by atoms with Gasteiger partial charge in [0.05, 0.1) is 15.7 Å². The Kier molecular flexibility index (Phi) is 4.33. The summed E-state index contributed by atoms with van der Waals surface area (Å²) < 4.78 is 3.69. The van der Waals surface area contributed by atoms with E-state index in [4.69, 9.17) is 0 Å². The van der Waals surface area contributed by atoms with Gasteiger partial charge < -0.3 is 9.47 Å². The van der Waals surface area contributed by atoms with Gasteiger partial charge in [-0.1, -0.05) is 72.8 Å². The molecule has 0 fully saturated rings. The van der Waals surface area contributed by atoms with E-state index in [0.29, 0.717) is 0 Å². The van der Waals surface area contributed by atoms with Crippen molar-refractivity contribution in [3.63, 3.8) is 0 Å². The number of aromatic nitrogens is 1. The summed E-state index contributed by atoms with van der Waals surface area (Å²) >= 11 is 1.85.